The van der Waals surface area contributed by atoms with E-state index in [0.29, 0.717) is 13.0 Å². The summed E-state index contributed by atoms with van der Waals surface area (Å²) in [4.78, 5) is 26.9. The van der Waals surface area contributed by atoms with Crippen molar-refractivity contribution in [1.29, 1.82) is 0 Å². The van der Waals surface area contributed by atoms with Crippen LogP contribution in [0.3, 0.4) is 0 Å². The molecule has 1 fully saturated rings. The van der Waals surface area contributed by atoms with Crippen LogP contribution in [-0.4, -0.2) is 49.4 Å². The summed E-state index contributed by atoms with van der Waals surface area (Å²) in [5.74, 6) is 0.181. The van der Waals surface area contributed by atoms with Gasteiger partial charge in [0.2, 0.25) is 11.8 Å². The second-order valence-corrected chi connectivity index (χ2v) is 7.00. The number of nitrogens with zero attached hydrogens (tertiary/aromatic N) is 1. The Morgan fingerprint density at radius 2 is 2.04 bits per heavy atom. The average Bonchev–Trinajstić information content (AvgIpc) is 2.48. The molecule has 0 bridgehead atoms. The van der Waals surface area contributed by atoms with Gasteiger partial charge in [0.1, 0.15) is 5.54 Å². The molecular formula is C18H33N3O2. The van der Waals surface area contributed by atoms with Crippen molar-refractivity contribution in [3.63, 3.8) is 0 Å². The predicted molar refractivity (Wildman–Crippen MR) is 94.0 cm³/mol. The standard InChI is InChI=1S/C18H33N3O2/c1-6-8-11-19-17(23)18(20-14(3)22)12-15(7-2)9-10-16(18)13-21(4)5/h7,15-16H,2,6,8-13H2,1,3-5H3,(H,19,23)(H,20,22)/t15-,16+,18-/m1/s1. The monoisotopic (exact) mass is 323 g/mol. The van der Waals surface area contributed by atoms with Crippen LogP contribution in [0.1, 0.15) is 46.0 Å². The Morgan fingerprint density at radius 3 is 2.57 bits per heavy atom. The molecule has 5 heteroatoms. The lowest BCUT2D eigenvalue weighted by atomic mass is 9.67. The van der Waals surface area contributed by atoms with Crippen molar-refractivity contribution in [1.82, 2.24) is 15.5 Å². The van der Waals surface area contributed by atoms with Gasteiger partial charge in [0.15, 0.2) is 0 Å². The molecule has 2 N–H and O–H groups in total. The molecule has 0 saturated heterocycles. The van der Waals surface area contributed by atoms with Crippen LogP contribution in [0, 0.1) is 11.8 Å². The van der Waals surface area contributed by atoms with Gasteiger partial charge in [-0.15, -0.1) is 6.58 Å². The fraction of sp³-hybridized carbons (Fsp3) is 0.778. The maximum Gasteiger partial charge on any atom is 0.246 e. The average molecular weight is 323 g/mol. The Morgan fingerprint density at radius 1 is 1.35 bits per heavy atom. The largest absolute Gasteiger partial charge is 0.354 e. The first-order valence-electron chi connectivity index (χ1n) is 8.70. The fourth-order valence-corrected chi connectivity index (χ4v) is 3.57. The molecule has 0 aromatic carbocycles. The molecule has 1 aliphatic carbocycles. The summed E-state index contributed by atoms with van der Waals surface area (Å²) >= 11 is 0. The lowest BCUT2D eigenvalue weighted by molar-refractivity contribution is -0.138. The minimum absolute atomic E-state index is 0.0421. The molecule has 0 aromatic heterocycles. The van der Waals surface area contributed by atoms with Crippen LogP contribution in [0.15, 0.2) is 12.7 Å². The molecule has 0 spiro atoms. The van der Waals surface area contributed by atoms with Gasteiger partial charge in [-0.1, -0.05) is 19.4 Å². The van der Waals surface area contributed by atoms with Crippen molar-refractivity contribution in [2.45, 2.75) is 51.5 Å². The highest BCUT2D eigenvalue weighted by Crippen LogP contribution is 2.38. The molecule has 5 nitrogen and oxygen atoms in total. The zero-order valence-electron chi connectivity index (χ0n) is 15.2. The summed E-state index contributed by atoms with van der Waals surface area (Å²) in [6.07, 6.45) is 6.46. The highest BCUT2D eigenvalue weighted by atomic mass is 16.2. The summed E-state index contributed by atoms with van der Waals surface area (Å²) in [5.41, 5.74) is -0.832. The molecule has 23 heavy (non-hydrogen) atoms. The molecule has 1 rings (SSSR count). The molecule has 1 saturated carbocycles. The number of rotatable bonds is 8. The smallest absolute Gasteiger partial charge is 0.246 e. The number of nitrogens with one attached hydrogen (secondary N) is 2. The van der Waals surface area contributed by atoms with E-state index in [1.54, 1.807) is 0 Å². The van der Waals surface area contributed by atoms with Crippen molar-refractivity contribution in [2.24, 2.45) is 11.8 Å². The Balaban J connectivity index is 3.08. The highest BCUT2D eigenvalue weighted by Gasteiger charge is 2.49. The Hall–Kier alpha value is -1.36. The van der Waals surface area contributed by atoms with Crippen molar-refractivity contribution >= 4 is 11.8 Å². The number of carbonyl (C=O) groups excluding carboxylic acids is 2. The van der Waals surface area contributed by atoms with Crippen LogP contribution in [0.5, 0.6) is 0 Å². The van der Waals surface area contributed by atoms with E-state index in [1.807, 2.05) is 20.2 Å². The molecule has 0 heterocycles. The van der Waals surface area contributed by atoms with Gasteiger partial charge < -0.3 is 15.5 Å². The first-order valence-corrected chi connectivity index (χ1v) is 8.70. The molecule has 2 amide bonds. The maximum atomic E-state index is 13.0. The first-order chi connectivity index (χ1) is 10.9. The van der Waals surface area contributed by atoms with E-state index in [9.17, 15) is 9.59 Å². The molecule has 132 valence electrons. The van der Waals surface area contributed by atoms with Crippen molar-refractivity contribution < 1.29 is 9.59 Å². The van der Waals surface area contributed by atoms with Crippen LogP contribution >= 0.6 is 0 Å². The van der Waals surface area contributed by atoms with Gasteiger partial charge >= 0.3 is 0 Å². The van der Waals surface area contributed by atoms with Gasteiger partial charge in [0.25, 0.3) is 0 Å². The number of hydrogen-bond acceptors (Lipinski definition) is 3. The number of hydrogen-bond donors (Lipinski definition) is 2. The van der Waals surface area contributed by atoms with Crippen molar-refractivity contribution in [3.8, 4) is 0 Å². The molecule has 0 aromatic rings. The van der Waals surface area contributed by atoms with E-state index in [0.717, 1.165) is 32.2 Å². The summed E-state index contributed by atoms with van der Waals surface area (Å²) in [5, 5.41) is 6.06. The first kappa shape index (κ1) is 19.7. The number of unbranched alkanes of at least 4 members (excludes halogenated alkanes) is 1. The second-order valence-electron chi connectivity index (χ2n) is 7.00. The van der Waals surface area contributed by atoms with E-state index in [2.05, 4.69) is 29.0 Å². The normalized spacial score (nSPS) is 27.5. The molecule has 0 unspecified atom stereocenters. The van der Waals surface area contributed by atoms with Gasteiger partial charge in [0, 0.05) is 25.9 Å². The van der Waals surface area contributed by atoms with Crippen molar-refractivity contribution in [2.75, 3.05) is 27.2 Å². The fourth-order valence-electron chi connectivity index (χ4n) is 3.57. The minimum Gasteiger partial charge on any atom is -0.354 e. The van der Waals surface area contributed by atoms with Crippen LogP contribution in [0.2, 0.25) is 0 Å². The maximum absolute atomic E-state index is 13.0. The topological polar surface area (TPSA) is 61.4 Å². The molecule has 3 atom stereocenters. The van der Waals surface area contributed by atoms with E-state index in [1.165, 1.54) is 6.92 Å². The van der Waals surface area contributed by atoms with E-state index < -0.39 is 5.54 Å². The molecule has 0 radical (unpaired) electrons. The van der Waals surface area contributed by atoms with Crippen molar-refractivity contribution in [3.05, 3.63) is 12.7 Å². The SMILES string of the molecule is C=C[C@@H]1CC[C@@H](CN(C)C)[C@@](NC(C)=O)(C(=O)NCCCC)C1. The Bertz CT molecular complexity index is 422. The summed E-state index contributed by atoms with van der Waals surface area (Å²) in [6, 6.07) is 0. The van der Waals surface area contributed by atoms with E-state index in [-0.39, 0.29) is 23.7 Å². The predicted octanol–water partition coefficient (Wildman–Crippen LogP) is 1.94. The lowest BCUT2D eigenvalue weighted by Gasteiger charge is -2.46. The second kappa shape index (κ2) is 9.06. The van der Waals surface area contributed by atoms with E-state index in [4.69, 9.17) is 0 Å². The summed E-state index contributed by atoms with van der Waals surface area (Å²) in [6.45, 7) is 8.92. The zero-order valence-corrected chi connectivity index (χ0v) is 15.2. The molecule has 1 aliphatic rings. The highest BCUT2D eigenvalue weighted by molar-refractivity contribution is 5.91. The third-order valence-electron chi connectivity index (χ3n) is 4.71. The summed E-state index contributed by atoms with van der Waals surface area (Å²) in [7, 11) is 4.01. The van der Waals surface area contributed by atoms with E-state index >= 15 is 0 Å². The molecular weight excluding hydrogens is 290 g/mol. The minimum atomic E-state index is -0.832. The van der Waals surface area contributed by atoms with Gasteiger partial charge in [0.05, 0.1) is 0 Å². The van der Waals surface area contributed by atoms with Gasteiger partial charge in [-0.05, 0) is 45.7 Å². The summed E-state index contributed by atoms with van der Waals surface area (Å²) < 4.78 is 0. The lowest BCUT2D eigenvalue weighted by Crippen LogP contribution is -2.66. The van der Waals surface area contributed by atoms with Crippen LogP contribution in [-0.2, 0) is 9.59 Å². The van der Waals surface area contributed by atoms with Gasteiger partial charge in [-0.3, -0.25) is 9.59 Å². The van der Waals surface area contributed by atoms with Gasteiger partial charge in [-0.25, -0.2) is 0 Å². The van der Waals surface area contributed by atoms with Crippen LogP contribution < -0.4 is 10.6 Å². The van der Waals surface area contributed by atoms with Gasteiger partial charge in [-0.2, -0.15) is 0 Å². The third-order valence-corrected chi connectivity index (χ3v) is 4.71. The number of amides is 2. The number of carbonyl (C=O) groups is 2. The molecule has 0 aliphatic heterocycles. The number of allylic oxidation sites excluding steroid dienone is 1. The Labute approximate surface area is 140 Å². The quantitative estimate of drug-likeness (QED) is 0.530. The van der Waals surface area contributed by atoms with Crippen LogP contribution in [0.25, 0.3) is 0 Å². The van der Waals surface area contributed by atoms with Crippen LogP contribution in [0.4, 0.5) is 0 Å². The third kappa shape index (κ3) is 5.34. The zero-order chi connectivity index (χ0) is 17.5. The Kier molecular flexibility index (Phi) is 7.76.